The van der Waals surface area contributed by atoms with Crippen molar-refractivity contribution in [3.05, 3.63) is 41.0 Å². The number of anilines is 1. The fraction of sp³-hybridized carbons (Fsp3) is 0.600. The molecule has 9 nitrogen and oxygen atoms in total. The van der Waals surface area contributed by atoms with Crippen molar-refractivity contribution in [2.24, 2.45) is 7.05 Å². The highest BCUT2D eigenvalue weighted by molar-refractivity contribution is 7.89. The minimum Gasteiger partial charge on any atom is -0.368 e. The molecule has 1 saturated carbocycles. The number of hydrogen-bond acceptors (Lipinski definition) is 6. The van der Waals surface area contributed by atoms with Crippen LogP contribution in [0.2, 0.25) is 5.02 Å². The first-order chi connectivity index (χ1) is 17.3. The molecule has 0 spiro atoms. The lowest BCUT2D eigenvalue weighted by Gasteiger charge is -2.40. The van der Waals surface area contributed by atoms with E-state index >= 15 is 0 Å². The van der Waals surface area contributed by atoms with E-state index in [1.165, 1.54) is 41.1 Å². The number of aryl methyl sites for hydroxylation is 1. The summed E-state index contributed by atoms with van der Waals surface area (Å²) in [6, 6.07) is 8.19. The van der Waals surface area contributed by atoms with E-state index in [1.807, 2.05) is 24.3 Å². The Kier molecular flexibility index (Phi) is 7.57. The summed E-state index contributed by atoms with van der Waals surface area (Å²) in [6.45, 7) is 4.53. The minimum atomic E-state index is -3.92. The molecule has 0 radical (unpaired) electrons. The van der Waals surface area contributed by atoms with E-state index in [4.69, 9.17) is 11.6 Å². The minimum absolute atomic E-state index is 0.143. The molecule has 2 saturated heterocycles. The van der Waals surface area contributed by atoms with Gasteiger partial charge in [-0.05, 0) is 25.0 Å². The van der Waals surface area contributed by atoms with Gasteiger partial charge in [0.05, 0.1) is 16.3 Å². The van der Waals surface area contributed by atoms with Crippen molar-refractivity contribution in [2.45, 2.75) is 43.2 Å². The number of halogens is 1. The maximum atomic E-state index is 13.6. The van der Waals surface area contributed by atoms with Gasteiger partial charge in [-0.25, -0.2) is 8.42 Å². The molecule has 1 aromatic carbocycles. The van der Waals surface area contributed by atoms with Gasteiger partial charge in [0.1, 0.15) is 0 Å². The maximum absolute atomic E-state index is 13.6. The third-order valence-electron chi connectivity index (χ3n) is 7.73. The van der Waals surface area contributed by atoms with Gasteiger partial charge in [0.25, 0.3) is 15.9 Å². The number of rotatable bonds is 5. The topological polar surface area (TPSA) is 82.0 Å². The molecule has 5 rings (SSSR count). The Morgan fingerprint density at radius 1 is 0.944 bits per heavy atom. The predicted molar refractivity (Wildman–Crippen MR) is 140 cm³/mol. The molecule has 36 heavy (non-hydrogen) atoms. The Labute approximate surface area is 218 Å². The second kappa shape index (κ2) is 10.7. The van der Waals surface area contributed by atoms with Crippen LogP contribution in [0.4, 0.5) is 5.69 Å². The Hall–Kier alpha value is -2.14. The lowest BCUT2D eigenvalue weighted by molar-refractivity contribution is 0.0520. The average Bonchev–Trinajstić information content (AvgIpc) is 3.32. The van der Waals surface area contributed by atoms with E-state index < -0.39 is 10.0 Å². The summed E-state index contributed by atoms with van der Waals surface area (Å²) in [5.74, 6) is -0.250. The molecular weight excluding hydrogens is 500 g/mol. The molecule has 1 amide bonds. The van der Waals surface area contributed by atoms with E-state index in [2.05, 4.69) is 14.9 Å². The van der Waals surface area contributed by atoms with Crippen molar-refractivity contribution in [3.8, 4) is 0 Å². The monoisotopic (exact) mass is 534 g/mol. The number of piperazine rings is 2. The van der Waals surface area contributed by atoms with E-state index in [1.54, 1.807) is 18.1 Å². The molecule has 3 heterocycles. The average molecular weight is 535 g/mol. The van der Waals surface area contributed by atoms with E-state index in [-0.39, 0.29) is 16.5 Å². The van der Waals surface area contributed by atoms with Crippen molar-refractivity contribution >= 4 is 33.2 Å². The number of sulfonamides is 1. The highest BCUT2D eigenvalue weighted by Crippen LogP contribution is 2.28. The van der Waals surface area contributed by atoms with Gasteiger partial charge in [-0.15, -0.1) is 0 Å². The van der Waals surface area contributed by atoms with Crippen LogP contribution in [0.25, 0.3) is 0 Å². The fourth-order valence-electron chi connectivity index (χ4n) is 5.71. The van der Waals surface area contributed by atoms with Crippen molar-refractivity contribution in [1.29, 1.82) is 0 Å². The molecule has 0 atom stereocenters. The summed E-state index contributed by atoms with van der Waals surface area (Å²) < 4.78 is 30.1. The molecule has 0 bridgehead atoms. The number of aromatic nitrogens is 2. The van der Waals surface area contributed by atoms with Gasteiger partial charge in [0.2, 0.25) is 5.03 Å². The first kappa shape index (κ1) is 25.5. The van der Waals surface area contributed by atoms with Crippen LogP contribution in [0.15, 0.2) is 35.5 Å². The second-order valence-corrected chi connectivity index (χ2v) is 12.2. The summed E-state index contributed by atoms with van der Waals surface area (Å²) in [6.07, 6.45) is 7.91. The highest BCUT2D eigenvalue weighted by Gasteiger charge is 2.37. The van der Waals surface area contributed by atoms with Gasteiger partial charge in [-0.3, -0.25) is 14.4 Å². The van der Waals surface area contributed by atoms with Gasteiger partial charge in [-0.2, -0.15) is 9.40 Å². The van der Waals surface area contributed by atoms with E-state index in [0.717, 1.165) is 18.8 Å². The van der Waals surface area contributed by atoms with Gasteiger partial charge in [-0.1, -0.05) is 43.0 Å². The summed E-state index contributed by atoms with van der Waals surface area (Å²) in [4.78, 5) is 19.8. The summed E-state index contributed by atoms with van der Waals surface area (Å²) >= 11 is 6.33. The number of carbonyl (C=O) groups is 1. The molecule has 1 aromatic heterocycles. The van der Waals surface area contributed by atoms with Gasteiger partial charge < -0.3 is 9.80 Å². The molecular formula is C25H35ClN6O3S. The smallest absolute Gasteiger partial charge is 0.263 e. The molecule has 0 unspecified atom stereocenters. The van der Waals surface area contributed by atoms with E-state index in [9.17, 15) is 13.2 Å². The molecule has 11 heteroatoms. The number of benzene rings is 1. The van der Waals surface area contributed by atoms with Crippen LogP contribution >= 0.6 is 11.6 Å². The Balaban J connectivity index is 1.26. The molecule has 1 aliphatic carbocycles. The highest BCUT2D eigenvalue weighted by atomic mass is 35.5. The van der Waals surface area contributed by atoms with Crippen molar-refractivity contribution in [3.63, 3.8) is 0 Å². The van der Waals surface area contributed by atoms with Gasteiger partial charge in [0, 0.05) is 71.6 Å². The van der Waals surface area contributed by atoms with Crippen LogP contribution in [-0.2, 0) is 17.1 Å². The standard InChI is InChI=1S/C25H35ClN6O3S/c1-28-19-21(25(33)31-13-11-29(12-14-31)20-7-3-2-4-8-20)24(27-28)36(34,35)32-17-15-30(16-18-32)23-10-6-5-9-22(23)26/h5-6,9-10,19-20H,2-4,7-8,11-18H2,1H3. The lowest BCUT2D eigenvalue weighted by Crippen LogP contribution is -2.52. The van der Waals surface area contributed by atoms with Crippen LogP contribution in [0, 0.1) is 0 Å². The van der Waals surface area contributed by atoms with Crippen LogP contribution in [0.1, 0.15) is 42.5 Å². The number of para-hydroxylation sites is 1. The third kappa shape index (κ3) is 5.14. The number of nitrogens with zero attached hydrogens (tertiary/aromatic N) is 6. The predicted octanol–water partition coefficient (Wildman–Crippen LogP) is 2.67. The first-order valence-corrected chi connectivity index (χ1v) is 14.7. The number of carbonyl (C=O) groups excluding carboxylic acids is 1. The molecule has 2 aromatic rings. The zero-order chi connectivity index (χ0) is 25.3. The molecule has 3 fully saturated rings. The number of hydrogen-bond donors (Lipinski definition) is 0. The summed E-state index contributed by atoms with van der Waals surface area (Å²) in [7, 11) is -2.26. The SMILES string of the molecule is Cn1cc(C(=O)N2CCN(C3CCCCC3)CC2)c(S(=O)(=O)N2CCN(c3ccccc3Cl)CC2)n1. The van der Waals surface area contributed by atoms with Crippen LogP contribution in [0.3, 0.4) is 0 Å². The molecule has 3 aliphatic rings. The quantitative estimate of drug-likeness (QED) is 0.586. The normalized spacial score (nSPS) is 21.2. The number of amides is 1. The first-order valence-electron chi connectivity index (χ1n) is 12.9. The molecule has 2 aliphatic heterocycles. The Morgan fingerprint density at radius 2 is 1.61 bits per heavy atom. The largest absolute Gasteiger partial charge is 0.368 e. The molecule has 0 N–H and O–H groups in total. The van der Waals surface area contributed by atoms with Crippen molar-refractivity contribution < 1.29 is 13.2 Å². The van der Waals surface area contributed by atoms with Crippen LogP contribution in [0.5, 0.6) is 0 Å². The van der Waals surface area contributed by atoms with Crippen molar-refractivity contribution in [2.75, 3.05) is 57.3 Å². The maximum Gasteiger partial charge on any atom is 0.263 e. The zero-order valence-corrected chi connectivity index (χ0v) is 22.4. The van der Waals surface area contributed by atoms with Gasteiger partial charge in [0.15, 0.2) is 0 Å². The van der Waals surface area contributed by atoms with Crippen LogP contribution in [-0.4, -0.2) is 96.6 Å². The zero-order valence-electron chi connectivity index (χ0n) is 20.9. The van der Waals surface area contributed by atoms with Crippen LogP contribution < -0.4 is 4.90 Å². The molecule has 196 valence electrons. The third-order valence-corrected chi connectivity index (χ3v) is 9.89. The lowest BCUT2D eigenvalue weighted by atomic mass is 9.94. The Bertz CT molecular complexity index is 1180. The van der Waals surface area contributed by atoms with Gasteiger partial charge >= 0.3 is 0 Å². The summed E-state index contributed by atoms with van der Waals surface area (Å²) in [5, 5.41) is 4.75. The Morgan fingerprint density at radius 3 is 2.28 bits per heavy atom. The second-order valence-electron chi connectivity index (χ2n) is 9.98. The fourth-order valence-corrected chi connectivity index (χ4v) is 7.51. The summed E-state index contributed by atoms with van der Waals surface area (Å²) in [5.41, 5.74) is 1.06. The van der Waals surface area contributed by atoms with Crippen molar-refractivity contribution in [1.82, 2.24) is 23.9 Å². The van der Waals surface area contributed by atoms with E-state index in [0.29, 0.717) is 50.3 Å².